The number of benzene rings is 1. The highest BCUT2D eigenvalue weighted by Gasteiger charge is 2.17. The van der Waals surface area contributed by atoms with E-state index in [2.05, 4.69) is 37.0 Å². The lowest BCUT2D eigenvalue weighted by Crippen LogP contribution is -2.08. The zero-order valence-electron chi connectivity index (χ0n) is 10.9. The zero-order valence-corrected chi connectivity index (χ0v) is 14.1. The van der Waals surface area contributed by atoms with Crippen LogP contribution in [0.1, 0.15) is 30.0 Å². The smallest absolute Gasteiger partial charge is 0.0845 e. The van der Waals surface area contributed by atoms with E-state index in [0.717, 1.165) is 32.4 Å². The van der Waals surface area contributed by atoms with Crippen LogP contribution >= 0.6 is 31.9 Å². The molecule has 2 rings (SSSR count). The van der Waals surface area contributed by atoms with Crippen molar-refractivity contribution >= 4 is 31.9 Å². The van der Waals surface area contributed by atoms with Crippen molar-refractivity contribution < 1.29 is 5.11 Å². The van der Waals surface area contributed by atoms with E-state index >= 15 is 0 Å². The Labute approximate surface area is 129 Å². The first-order chi connectivity index (χ1) is 9.02. The van der Waals surface area contributed by atoms with Gasteiger partial charge >= 0.3 is 0 Å². The number of hydrogen-bond acceptors (Lipinski definition) is 2. The number of nitrogens with zero attached hydrogens (tertiary/aromatic N) is 2. The third kappa shape index (κ3) is 3.27. The van der Waals surface area contributed by atoms with Gasteiger partial charge < -0.3 is 5.11 Å². The van der Waals surface area contributed by atoms with E-state index < -0.39 is 6.10 Å². The van der Waals surface area contributed by atoms with Gasteiger partial charge in [0.2, 0.25) is 0 Å². The third-order valence-electron chi connectivity index (χ3n) is 3.09. The Morgan fingerprint density at radius 3 is 2.47 bits per heavy atom. The second kappa shape index (κ2) is 6.20. The van der Waals surface area contributed by atoms with E-state index in [1.807, 2.05) is 42.8 Å². The second-order valence-corrected chi connectivity index (χ2v) is 6.14. The van der Waals surface area contributed by atoms with Gasteiger partial charge in [0.1, 0.15) is 0 Å². The summed E-state index contributed by atoms with van der Waals surface area (Å²) < 4.78 is 3.94. The van der Waals surface area contributed by atoms with Gasteiger partial charge in [0.25, 0.3) is 0 Å². The lowest BCUT2D eigenvalue weighted by molar-refractivity contribution is 0.175. The van der Waals surface area contributed by atoms with Crippen molar-refractivity contribution in [2.45, 2.75) is 32.9 Å². The monoisotopic (exact) mass is 386 g/mol. The maximum absolute atomic E-state index is 10.3. The van der Waals surface area contributed by atoms with E-state index in [9.17, 15) is 5.11 Å². The van der Waals surface area contributed by atoms with Crippen LogP contribution in [-0.2, 0) is 13.0 Å². The molecule has 1 atom stereocenters. The van der Waals surface area contributed by atoms with Crippen molar-refractivity contribution in [3.63, 3.8) is 0 Å². The molecular weight excluding hydrogens is 372 g/mol. The minimum absolute atomic E-state index is 0.522. The molecule has 0 spiro atoms. The molecule has 0 radical (unpaired) electrons. The summed E-state index contributed by atoms with van der Waals surface area (Å²) in [7, 11) is 0. The van der Waals surface area contributed by atoms with Crippen molar-refractivity contribution in [2.24, 2.45) is 0 Å². The maximum atomic E-state index is 10.3. The molecule has 3 nitrogen and oxygen atoms in total. The largest absolute Gasteiger partial charge is 0.388 e. The molecule has 1 aromatic carbocycles. The molecule has 0 saturated carbocycles. The fourth-order valence-electron chi connectivity index (χ4n) is 2.05. The van der Waals surface area contributed by atoms with Gasteiger partial charge in [-0.15, -0.1) is 0 Å². The normalized spacial score (nSPS) is 12.7. The topological polar surface area (TPSA) is 38.0 Å². The lowest BCUT2D eigenvalue weighted by Gasteiger charge is -2.12. The molecule has 0 aliphatic carbocycles. The summed E-state index contributed by atoms with van der Waals surface area (Å²) in [6, 6.07) is 7.75. The number of aromatic nitrogens is 2. The predicted octanol–water partition coefficient (Wildman–Crippen LogP) is 4.01. The first-order valence-electron chi connectivity index (χ1n) is 6.18. The Morgan fingerprint density at radius 1 is 1.26 bits per heavy atom. The molecule has 1 unspecified atom stereocenters. The number of aliphatic hydroxyl groups excluding tert-OH is 1. The zero-order chi connectivity index (χ0) is 14.0. The van der Waals surface area contributed by atoms with Gasteiger partial charge in [-0.3, -0.25) is 4.68 Å². The van der Waals surface area contributed by atoms with E-state index in [1.54, 1.807) is 0 Å². The lowest BCUT2D eigenvalue weighted by atomic mass is 10.0. The molecule has 0 amide bonds. The maximum Gasteiger partial charge on any atom is 0.0845 e. The van der Waals surface area contributed by atoms with Crippen molar-refractivity contribution in [3.05, 3.63) is 50.2 Å². The number of hydrogen-bond donors (Lipinski definition) is 1. The highest BCUT2D eigenvalue weighted by molar-refractivity contribution is 9.10. The average Bonchev–Trinajstić information content (AvgIpc) is 2.67. The van der Waals surface area contributed by atoms with Gasteiger partial charge in [0.05, 0.1) is 22.0 Å². The standard InChI is InChI=1S/C14H16Br2N2O/c1-3-18-12(14(16)9(2)17-18)8-13(19)10-4-6-11(15)7-5-10/h4-7,13,19H,3,8H2,1-2H3. The molecule has 19 heavy (non-hydrogen) atoms. The van der Waals surface area contributed by atoms with Crippen molar-refractivity contribution in [1.29, 1.82) is 0 Å². The number of rotatable bonds is 4. The third-order valence-corrected chi connectivity index (χ3v) is 4.65. The molecule has 0 fully saturated rings. The summed E-state index contributed by atoms with van der Waals surface area (Å²) in [6.07, 6.45) is 0.0301. The number of aryl methyl sites for hydroxylation is 2. The molecule has 0 saturated heterocycles. The molecule has 1 aromatic heterocycles. The minimum atomic E-state index is -0.522. The fraction of sp³-hybridized carbons (Fsp3) is 0.357. The van der Waals surface area contributed by atoms with Crippen LogP contribution in [0, 0.1) is 6.92 Å². The van der Waals surface area contributed by atoms with E-state index in [4.69, 9.17) is 0 Å². The van der Waals surface area contributed by atoms with Crippen LogP contribution in [0.4, 0.5) is 0 Å². The quantitative estimate of drug-likeness (QED) is 0.860. The summed E-state index contributed by atoms with van der Waals surface area (Å²) in [5, 5.41) is 14.8. The Hall–Kier alpha value is -0.650. The summed E-state index contributed by atoms with van der Waals surface area (Å²) in [5.74, 6) is 0. The van der Waals surface area contributed by atoms with E-state index in [0.29, 0.717) is 6.42 Å². The Kier molecular flexibility index (Phi) is 4.81. The fourth-order valence-corrected chi connectivity index (χ4v) is 2.76. The highest BCUT2D eigenvalue weighted by Crippen LogP contribution is 2.27. The van der Waals surface area contributed by atoms with Crippen LogP contribution in [0.3, 0.4) is 0 Å². The molecule has 5 heteroatoms. The second-order valence-electron chi connectivity index (χ2n) is 4.43. The summed E-state index contributed by atoms with van der Waals surface area (Å²) in [5.41, 5.74) is 2.91. The summed E-state index contributed by atoms with van der Waals surface area (Å²) >= 11 is 6.95. The van der Waals surface area contributed by atoms with E-state index in [1.165, 1.54) is 0 Å². The summed E-state index contributed by atoms with van der Waals surface area (Å²) in [4.78, 5) is 0. The van der Waals surface area contributed by atoms with Crippen LogP contribution in [0.2, 0.25) is 0 Å². The van der Waals surface area contributed by atoms with Crippen molar-refractivity contribution in [1.82, 2.24) is 9.78 Å². The molecule has 1 heterocycles. The minimum Gasteiger partial charge on any atom is -0.388 e. The molecule has 102 valence electrons. The van der Waals surface area contributed by atoms with Gasteiger partial charge in [0, 0.05) is 17.4 Å². The molecule has 0 aliphatic rings. The highest BCUT2D eigenvalue weighted by atomic mass is 79.9. The van der Waals surface area contributed by atoms with Crippen LogP contribution in [-0.4, -0.2) is 14.9 Å². The Balaban J connectivity index is 2.23. The Morgan fingerprint density at radius 2 is 1.89 bits per heavy atom. The number of halogens is 2. The van der Waals surface area contributed by atoms with Crippen molar-refractivity contribution in [3.8, 4) is 0 Å². The molecule has 1 N–H and O–H groups in total. The Bertz CT molecular complexity index is 564. The van der Waals surface area contributed by atoms with Gasteiger partial charge in [-0.1, -0.05) is 28.1 Å². The van der Waals surface area contributed by atoms with Crippen LogP contribution < -0.4 is 0 Å². The van der Waals surface area contributed by atoms with E-state index in [-0.39, 0.29) is 0 Å². The molecule has 2 aromatic rings. The molecule has 0 bridgehead atoms. The van der Waals surface area contributed by atoms with Crippen LogP contribution in [0.25, 0.3) is 0 Å². The van der Waals surface area contributed by atoms with Gasteiger partial charge in [-0.25, -0.2) is 0 Å². The average molecular weight is 388 g/mol. The van der Waals surface area contributed by atoms with Gasteiger partial charge in [-0.05, 0) is 47.5 Å². The van der Waals surface area contributed by atoms with Gasteiger partial charge in [0.15, 0.2) is 0 Å². The van der Waals surface area contributed by atoms with Crippen LogP contribution in [0.15, 0.2) is 33.2 Å². The van der Waals surface area contributed by atoms with Crippen LogP contribution in [0.5, 0.6) is 0 Å². The summed E-state index contributed by atoms with van der Waals surface area (Å²) in [6.45, 7) is 4.81. The molecular formula is C14H16Br2N2O. The van der Waals surface area contributed by atoms with Crippen molar-refractivity contribution in [2.75, 3.05) is 0 Å². The first-order valence-corrected chi connectivity index (χ1v) is 7.76. The number of aliphatic hydroxyl groups is 1. The molecule has 0 aliphatic heterocycles. The predicted molar refractivity (Wildman–Crippen MR) is 83.1 cm³/mol. The SMILES string of the molecule is CCn1nc(C)c(Br)c1CC(O)c1ccc(Br)cc1. The first kappa shape index (κ1) is 14.8. The van der Waals surface area contributed by atoms with Gasteiger partial charge in [-0.2, -0.15) is 5.10 Å².